The molecule has 0 fully saturated rings. The van der Waals surface area contributed by atoms with Gasteiger partial charge in [0.1, 0.15) is 17.8 Å². The molecule has 3 N–H and O–H groups in total. The Kier molecular flexibility index (Phi) is 5.52. The highest BCUT2D eigenvalue weighted by Crippen LogP contribution is 2.26. The van der Waals surface area contributed by atoms with Gasteiger partial charge in [-0.25, -0.2) is 4.79 Å². The summed E-state index contributed by atoms with van der Waals surface area (Å²) in [6, 6.07) is 13.0. The van der Waals surface area contributed by atoms with Crippen molar-refractivity contribution in [2.45, 2.75) is 31.8 Å². The van der Waals surface area contributed by atoms with Gasteiger partial charge in [-0.3, -0.25) is 9.79 Å². The maximum Gasteiger partial charge on any atom is 0.328 e. The number of para-hydroxylation sites is 1. The third-order valence-electron chi connectivity index (χ3n) is 5.19. The van der Waals surface area contributed by atoms with Gasteiger partial charge in [-0.15, -0.1) is 0 Å². The van der Waals surface area contributed by atoms with Crippen LogP contribution < -0.4 is 5.32 Å². The Bertz CT molecular complexity index is 1100. The number of amides is 1. The maximum absolute atomic E-state index is 12.9. The number of esters is 1. The van der Waals surface area contributed by atoms with Crippen LogP contribution in [0.5, 0.6) is 5.75 Å². The van der Waals surface area contributed by atoms with Crippen molar-refractivity contribution in [1.29, 1.82) is 0 Å². The van der Waals surface area contributed by atoms with Crippen LogP contribution in [0.3, 0.4) is 0 Å². The fraction of sp³-hybridized carbons (Fsp3) is 0.261. The molecule has 0 radical (unpaired) electrons. The molecular weight excluding hydrogens is 382 g/mol. The van der Waals surface area contributed by atoms with Gasteiger partial charge in [-0.05, 0) is 36.2 Å². The summed E-state index contributed by atoms with van der Waals surface area (Å²) in [5, 5.41) is 13.3. The minimum absolute atomic E-state index is 0.140. The Labute approximate surface area is 173 Å². The molecule has 0 saturated heterocycles. The predicted molar refractivity (Wildman–Crippen MR) is 114 cm³/mol. The summed E-state index contributed by atoms with van der Waals surface area (Å²) in [6.07, 6.45) is 2.40. The number of carbonyl (C=O) groups is 2. The Morgan fingerprint density at radius 1 is 1.23 bits per heavy atom. The van der Waals surface area contributed by atoms with Gasteiger partial charge in [-0.2, -0.15) is 0 Å². The molecule has 2 heterocycles. The molecule has 0 saturated carbocycles. The normalized spacial score (nSPS) is 16.1. The topological polar surface area (TPSA) is 104 Å². The number of aromatic nitrogens is 1. The van der Waals surface area contributed by atoms with Crippen molar-refractivity contribution in [3.8, 4) is 5.75 Å². The first kappa shape index (κ1) is 19.7. The van der Waals surface area contributed by atoms with Crippen molar-refractivity contribution < 1.29 is 19.4 Å². The molecule has 30 heavy (non-hydrogen) atoms. The molecule has 1 aliphatic rings. The summed E-state index contributed by atoms with van der Waals surface area (Å²) in [5.74, 6) is -0.674. The van der Waals surface area contributed by atoms with E-state index in [4.69, 9.17) is 4.74 Å². The Morgan fingerprint density at radius 2 is 2.00 bits per heavy atom. The van der Waals surface area contributed by atoms with Crippen LogP contribution in [-0.2, 0) is 27.2 Å². The summed E-state index contributed by atoms with van der Waals surface area (Å²) in [4.78, 5) is 33.1. The van der Waals surface area contributed by atoms with Crippen molar-refractivity contribution in [3.63, 3.8) is 0 Å². The Morgan fingerprint density at radius 3 is 2.77 bits per heavy atom. The van der Waals surface area contributed by atoms with Crippen LogP contribution in [0.25, 0.3) is 10.9 Å². The molecular formula is C23H23N3O4. The van der Waals surface area contributed by atoms with E-state index < -0.39 is 18.1 Å². The van der Waals surface area contributed by atoms with E-state index >= 15 is 0 Å². The summed E-state index contributed by atoms with van der Waals surface area (Å²) in [5.41, 5.74) is 3.77. The molecule has 1 aliphatic heterocycles. The van der Waals surface area contributed by atoms with E-state index in [0.29, 0.717) is 6.42 Å². The van der Waals surface area contributed by atoms with Crippen molar-refractivity contribution >= 4 is 29.0 Å². The van der Waals surface area contributed by atoms with Crippen LogP contribution in [-0.4, -0.2) is 46.9 Å². The van der Waals surface area contributed by atoms with Crippen molar-refractivity contribution in [3.05, 3.63) is 65.4 Å². The van der Waals surface area contributed by atoms with Crippen LogP contribution in [0.15, 0.2) is 53.5 Å². The molecule has 0 spiro atoms. The molecule has 2 atom stereocenters. The second-order valence-electron chi connectivity index (χ2n) is 7.24. The van der Waals surface area contributed by atoms with Gasteiger partial charge >= 0.3 is 5.97 Å². The van der Waals surface area contributed by atoms with Gasteiger partial charge < -0.3 is 20.1 Å². The summed E-state index contributed by atoms with van der Waals surface area (Å²) >= 11 is 0. The highest BCUT2D eigenvalue weighted by atomic mass is 16.5. The van der Waals surface area contributed by atoms with Crippen LogP contribution in [0, 0.1) is 0 Å². The van der Waals surface area contributed by atoms with Crippen molar-refractivity contribution in [2.75, 3.05) is 6.61 Å². The average molecular weight is 405 g/mol. The molecule has 1 aromatic heterocycles. The van der Waals surface area contributed by atoms with Gasteiger partial charge in [0.05, 0.1) is 12.3 Å². The number of rotatable bonds is 6. The number of hydrogen-bond acceptors (Lipinski definition) is 5. The molecule has 4 rings (SSSR count). The minimum atomic E-state index is -0.832. The third kappa shape index (κ3) is 4.05. The molecule has 0 unspecified atom stereocenters. The zero-order valence-corrected chi connectivity index (χ0v) is 16.6. The highest BCUT2D eigenvalue weighted by Gasteiger charge is 2.29. The molecule has 0 bridgehead atoms. The first-order valence-electron chi connectivity index (χ1n) is 9.93. The number of aromatic hydroxyl groups is 1. The van der Waals surface area contributed by atoms with Gasteiger partial charge in [-0.1, -0.05) is 30.3 Å². The van der Waals surface area contributed by atoms with E-state index in [2.05, 4.69) is 15.3 Å². The molecule has 2 aromatic carbocycles. The summed E-state index contributed by atoms with van der Waals surface area (Å²) in [6.45, 7) is 1.95. The number of aliphatic imine (C=N–C) groups is 1. The number of ether oxygens (including phenoxy) is 1. The van der Waals surface area contributed by atoms with Gasteiger partial charge in [0.15, 0.2) is 0 Å². The van der Waals surface area contributed by atoms with E-state index in [1.54, 1.807) is 37.4 Å². The van der Waals surface area contributed by atoms with E-state index in [-0.39, 0.29) is 24.7 Å². The summed E-state index contributed by atoms with van der Waals surface area (Å²) in [7, 11) is 0. The molecule has 3 aromatic rings. The van der Waals surface area contributed by atoms with Gasteiger partial charge in [0.25, 0.3) is 0 Å². The number of H-pyrrole nitrogens is 1. The monoisotopic (exact) mass is 405 g/mol. The van der Waals surface area contributed by atoms with E-state index in [0.717, 1.165) is 27.7 Å². The highest BCUT2D eigenvalue weighted by molar-refractivity contribution is 5.98. The quantitative estimate of drug-likeness (QED) is 0.548. The number of nitrogens with one attached hydrogen (secondary N) is 2. The number of benzene rings is 2. The fourth-order valence-electron chi connectivity index (χ4n) is 3.69. The maximum atomic E-state index is 12.9. The molecule has 0 aliphatic carbocycles. The van der Waals surface area contributed by atoms with Crippen molar-refractivity contribution in [1.82, 2.24) is 10.3 Å². The first-order valence-corrected chi connectivity index (χ1v) is 9.93. The molecule has 1 amide bonds. The lowest BCUT2D eigenvalue weighted by Gasteiger charge is -2.21. The second kappa shape index (κ2) is 8.41. The van der Waals surface area contributed by atoms with Gasteiger partial charge in [0, 0.05) is 30.0 Å². The van der Waals surface area contributed by atoms with Crippen LogP contribution in [0.4, 0.5) is 0 Å². The van der Waals surface area contributed by atoms with E-state index in [1.165, 1.54) is 0 Å². The Hall–Kier alpha value is -3.61. The minimum Gasteiger partial charge on any atom is -0.508 e. The first-order chi connectivity index (χ1) is 14.5. The SMILES string of the molecule is CCOC(=O)[C@@H](Cc1ccc(O)cc1)NC(=O)[C@@H]1Cc2c([nH]c3ccccc23)C=N1. The van der Waals surface area contributed by atoms with Crippen LogP contribution >= 0.6 is 0 Å². The fourth-order valence-corrected chi connectivity index (χ4v) is 3.69. The number of fused-ring (bicyclic) bond motifs is 3. The number of nitrogens with zero attached hydrogens (tertiary/aromatic N) is 1. The molecule has 7 heteroatoms. The molecule has 7 nitrogen and oxygen atoms in total. The lowest BCUT2D eigenvalue weighted by atomic mass is 9.99. The van der Waals surface area contributed by atoms with Gasteiger partial charge in [0.2, 0.25) is 5.91 Å². The zero-order chi connectivity index (χ0) is 21.1. The number of phenolic OH excluding ortho intramolecular Hbond substituents is 1. The lowest BCUT2D eigenvalue weighted by Crippen LogP contribution is -2.47. The average Bonchev–Trinajstić information content (AvgIpc) is 3.13. The number of carbonyl (C=O) groups excluding carboxylic acids is 2. The zero-order valence-electron chi connectivity index (χ0n) is 16.6. The largest absolute Gasteiger partial charge is 0.508 e. The lowest BCUT2D eigenvalue weighted by molar-refractivity contribution is -0.147. The standard InChI is InChI=1S/C23H23N3O4/c1-2-30-23(29)20(11-14-7-9-15(27)10-8-14)26-22(28)19-12-17-16-5-3-4-6-18(16)25-21(17)13-24-19/h3-10,13,19-20,25,27H,2,11-12H2,1H3,(H,26,28)/t19-,20+/m0/s1. The third-order valence-corrected chi connectivity index (χ3v) is 5.19. The number of hydrogen-bond donors (Lipinski definition) is 3. The number of aromatic amines is 1. The smallest absolute Gasteiger partial charge is 0.328 e. The molecule has 154 valence electrons. The van der Waals surface area contributed by atoms with Crippen LogP contribution in [0.2, 0.25) is 0 Å². The Balaban J connectivity index is 1.50. The van der Waals surface area contributed by atoms with Crippen molar-refractivity contribution in [2.24, 2.45) is 4.99 Å². The summed E-state index contributed by atoms with van der Waals surface area (Å²) < 4.78 is 5.14. The second-order valence-corrected chi connectivity index (χ2v) is 7.24. The van der Waals surface area contributed by atoms with E-state index in [9.17, 15) is 14.7 Å². The van der Waals surface area contributed by atoms with Crippen LogP contribution in [0.1, 0.15) is 23.7 Å². The predicted octanol–water partition coefficient (Wildman–Crippen LogP) is 2.51. The van der Waals surface area contributed by atoms with E-state index in [1.807, 2.05) is 24.3 Å². The number of phenols is 1.